The SMILES string of the molecule is CCN(C)C(=O)c1ccc(N(c2ccccc2)C2CC3CCC(C2)N3CCc2ccccc2)cc1. The quantitative estimate of drug-likeness (QED) is 0.397. The molecule has 0 aromatic heterocycles. The number of fused-ring (bicyclic) bond motifs is 2. The number of hydrogen-bond donors (Lipinski definition) is 0. The first-order valence-electron chi connectivity index (χ1n) is 13.1. The number of nitrogens with zero attached hydrogens (tertiary/aromatic N) is 3. The molecule has 2 heterocycles. The van der Waals surface area contributed by atoms with Crippen LogP contribution in [0.2, 0.25) is 0 Å². The van der Waals surface area contributed by atoms with E-state index in [1.54, 1.807) is 4.90 Å². The lowest BCUT2D eigenvalue weighted by molar-refractivity contribution is 0.0802. The van der Waals surface area contributed by atoms with Gasteiger partial charge < -0.3 is 9.80 Å². The molecule has 0 spiro atoms. The minimum Gasteiger partial charge on any atom is -0.342 e. The summed E-state index contributed by atoms with van der Waals surface area (Å²) in [6, 6.07) is 31.6. The number of rotatable bonds is 8. The van der Waals surface area contributed by atoms with E-state index >= 15 is 0 Å². The van der Waals surface area contributed by atoms with Gasteiger partial charge in [-0.05, 0) is 81.0 Å². The molecule has 35 heavy (non-hydrogen) atoms. The second kappa shape index (κ2) is 10.7. The molecule has 182 valence electrons. The molecule has 0 saturated carbocycles. The average molecular weight is 468 g/mol. The Hall–Kier alpha value is -3.11. The lowest BCUT2D eigenvalue weighted by Crippen LogP contribution is -2.50. The Balaban J connectivity index is 1.35. The Morgan fingerprint density at radius 3 is 2.00 bits per heavy atom. The predicted molar refractivity (Wildman–Crippen MR) is 144 cm³/mol. The summed E-state index contributed by atoms with van der Waals surface area (Å²) >= 11 is 0. The van der Waals surface area contributed by atoms with E-state index in [-0.39, 0.29) is 5.91 Å². The number of carbonyl (C=O) groups is 1. The summed E-state index contributed by atoms with van der Waals surface area (Å²) in [6.07, 6.45) is 6.09. The summed E-state index contributed by atoms with van der Waals surface area (Å²) in [5, 5.41) is 0. The summed E-state index contributed by atoms with van der Waals surface area (Å²) in [7, 11) is 1.86. The van der Waals surface area contributed by atoms with E-state index in [1.807, 2.05) is 26.1 Å². The van der Waals surface area contributed by atoms with E-state index in [0.717, 1.165) is 18.5 Å². The van der Waals surface area contributed by atoms with Crippen molar-refractivity contribution in [2.75, 3.05) is 25.0 Å². The maximum atomic E-state index is 12.6. The third-order valence-corrected chi connectivity index (χ3v) is 7.97. The van der Waals surface area contributed by atoms with Crippen LogP contribution in [-0.2, 0) is 6.42 Å². The van der Waals surface area contributed by atoms with Crippen LogP contribution in [0.3, 0.4) is 0 Å². The lowest BCUT2D eigenvalue weighted by atomic mass is 9.94. The van der Waals surface area contributed by atoms with Crippen molar-refractivity contribution in [3.05, 3.63) is 96.1 Å². The molecule has 3 aromatic carbocycles. The van der Waals surface area contributed by atoms with Crippen molar-refractivity contribution in [3.8, 4) is 0 Å². The van der Waals surface area contributed by atoms with Crippen molar-refractivity contribution >= 4 is 17.3 Å². The summed E-state index contributed by atoms with van der Waals surface area (Å²) in [4.78, 5) is 19.7. The Morgan fingerprint density at radius 1 is 0.829 bits per heavy atom. The normalized spacial score (nSPS) is 21.6. The second-order valence-corrected chi connectivity index (χ2v) is 10.1. The molecule has 5 rings (SSSR count). The molecule has 3 aromatic rings. The van der Waals surface area contributed by atoms with Crippen LogP contribution in [0.1, 0.15) is 48.5 Å². The zero-order valence-corrected chi connectivity index (χ0v) is 21.0. The molecular weight excluding hydrogens is 430 g/mol. The van der Waals surface area contributed by atoms with E-state index in [0.29, 0.717) is 24.7 Å². The first kappa shape index (κ1) is 23.6. The minimum absolute atomic E-state index is 0.0788. The maximum Gasteiger partial charge on any atom is 0.253 e. The van der Waals surface area contributed by atoms with Crippen molar-refractivity contribution in [2.24, 2.45) is 0 Å². The molecule has 1 amide bonds. The van der Waals surface area contributed by atoms with Gasteiger partial charge in [0.2, 0.25) is 0 Å². The third-order valence-electron chi connectivity index (χ3n) is 7.97. The van der Waals surface area contributed by atoms with Crippen LogP contribution in [-0.4, -0.2) is 54.0 Å². The third kappa shape index (κ3) is 5.13. The van der Waals surface area contributed by atoms with Gasteiger partial charge in [0.1, 0.15) is 0 Å². The highest BCUT2D eigenvalue weighted by Gasteiger charge is 2.42. The highest BCUT2D eigenvalue weighted by Crippen LogP contribution is 2.41. The Bertz CT molecular complexity index is 1090. The van der Waals surface area contributed by atoms with E-state index in [2.05, 4.69) is 82.6 Å². The van der Waals surface area contributed by atoms with E-state index in [4.69, 9.17) is 0 Å². The summed E-state index contributed by atoms with van der Waals surface area (Å²) in [5.41, 5.74) is 4.60. The van der Waals surface area contributed by atoms with Crippen LogP contribution in [0.4, 0.5) is 11.4 Å². The van der Waals surface area contributed by atoms with Gasteiger partial charge in [0.05, 0.1) is 0 Å². The first-order chi connectivity index (χ1) is 17.1. The molecule has 4 heteroatoms. The molecule has 2 fully saturated rings. The molecule has 0 N–H and O–H groups in total. The molecule has 2 unspecified atom stereocenters. The van der Waals surface area contributed by atoms with Crippen molar-refractivity contribution in [2.45, 2.75) is 57.2 Å². The molecule has 2 saturated heterocycles. The largest absolute Gasteiger partial charge is 0.342 e. The Kier molecular flexibility index (Phi) is 7.19. The predicted octanol–water partition coefficient (Wildman–Crippen LogP) is 6.15. The number of anilines is 2. The number of benzene rings is 3. The number of para-hydroxylation sites is 1. The van der Waals surface area contributed by atoms with Gasteiger partial charge in [-0.2, -0.15) is 0 Å². The minimum atomic E-state index is 0.0788. The van der Waals surface area contributed by atoms with Gasteiger partial charge in [0, 0.05) is 55.2 Å². The fraction of sp³-hybridized carbons (Fsp3) is 0.387. The molecule has 0 radical (unpaired) electrons. The zero-order valence-electron chi connectivity index (χ0n) is 21.0. The Labute approximate surface area is 210 Å². The fourth-order valence-electron chi connectivity index (χ4n) is 6.01. The monoisotopic (exact) mass is 467 g/mol. The molecule has 2 atom stereocenters. The molecule has 0 aliphatic carbocycles. The molecule has 4 nitrogen and oxygen atoms in total. The molecule has 2 aliphatic heterocycles. The van der Waals surface area contributed by atoms with Crippen LogP contribution < -0.4 is 4.90 Å². The average Bonchev–Trinajstić information content (AvgIpc) is 3.15. The number of amides is 1. The van der Waals surface area contributed by atoms with E-state index in [9.17, 15) is 4.79 Å². The van der Waals surface area contributed by atoms with Crippen LogP contribution in [0, 0.1) is 0 Å². The second-order valence-electron chi connectivity index (χ2n) is 10.1. The molecular formula is C31H37N3O. The molecule has 2 bridgehead atoms. The van der Waals surface area contributed by atoms with E-state index < -0.39 is 0 Å². The van der Waals surface area contributed by atoms with Crippen LogP contribution in [0.15, 0.2) is 84.9 Å². The zero-order chi connectivity index (χ0) is 24.2. The lowest BCUT2D eigenvalue weighted by Gasteiger charge is -2.44. The Morgan fingerprint density at radius 2 is 1.40 bits per heavy atom. The maximum absolute atomic E-state index is 12.6. The number of carbonyl (C=O) groups excluding carboxylic acids is 1. The summed E-state index contributed by atoms with van der Waals surface area (Å²) in [6.45, 7) is 3.87. The van der Waals surface area contributed by atoms with Crippen molar-refractivity contribution < 1.29 is 4.79 Å². The van der Waals surface area contributed by atoms with Gasteiger partial charge in [-0.3, -0.25) is 9.69 Å². The molecule has 2 aliphatic rings. The van der Waals surface area contributed by atoms with Gasteiger partial charge in [0.25, 0.3) is 5.91 Å². The number of hydrogen-bond acceptors (Lipinski definition) is 3. The standard InChI is InChI=1S/C31H37N3O/c1-3-32(2)31(35)25-14-16-27(17-15-25)34(26-12-8-5-9-13-26)30-22-28-18-19-29(23-30)33(28)21-20-24-10-6-4-7-11-24/h4-17,28-30H,3,18-23H2,1-2H3. The van der Waals surface area contributed by atoms with Gasteiger partial charge in [-0.15, -0.1) is 0 Å². The van der Waals surface area contributed by atoms with Crippen LogP contribution in [0.25, 0.3) is 0 Å². The number of piperidine rings is 1. The highest BCUT2D eigenvalue weighted by molar-refractivity contribution is 5.94. The highest BCUT2D eigenvalue weighted by atomic mass is 16.2. The van der Waals surface area contributed by atoms with Crippen molar-refractivity contribution in [1.29, 1.82) is 0 Å². The summed E-state index contributed by atoms with van der Waals surface area (Å²) in [5.74, 6) is 0.0788. The topological polar surface area (TPSA) is 26.8 Å². The smallest absolute Gasteiger partial charge is 0.253 e. The fourth-order valence-corrected chi connectivity index (χ4v) is 6.01. The van der Waals surface area contributed by atoms with Crippen LogP contribution >= 0.6 is 0 Å². The first-order valence-corrected chi connectivity index (χ1v) is 13.1. The summed E-state index contributed by atoms with van der Waals surface area (Å²) < 4.78 is 0. The van der Waals surface area contributed by atoms with Gasteiger partial charge in [-0.25, -0.2) is 0 Å². The van der Waals surface area contributed by atoms with Gasteiger partial charge >= 0.3 is 0 Å². The van der Waals surface area contributed by atoms with Crippen molar-refractivity contribution in [3.63, 3.8) is 0 Å². The van der Waals surface area contributed by atoms with Gasteiger partial charge in [0.15, 0.2) is 0 Å². The van der Waals surface area contributed by atoms with Crippen LogP contribution in [0.5, 0.6) is 0 Å². The van der Waals surface area contributed by atoms with Gasteiger partial charge in [-0.1, -0.05) is 48.5 Å². The van der Waals surface area contributed by atoms with E-state index in [1.165, 1.54) is 42.6 Å². The van der Waals surface area contributed by atoms with Crippen molar-refractivity contribution in [1.82, 2.24) is 9.80 Å².